The molecule has 4 heteroatoms. The Morgan fingerprint density at radius 1 is 1.18 bits per heavy atom. The first-order valence-electron chi connectivity index (χ1n) is 6.78. The fraction of sp³-hybridized carbons (Fsp3) is 0.167. The molecule has 0 spiro atoms. The molecule has 3 nitrogen and oxygen atoms in total. The highest BCUT2D eigenvalue weighted by Crippen LogP contribution is 2.35. The Hall–Kier alpha value is -2.07. The predicted octanol–water partition coefficient (Wildman–Crippen LogP) is 4.68. The number of hydrogen-bond donors (Lipinski definition) is 1. The Morgan fingerprint density at radius 2 is 1.91 bits per heavy atom. The summed E-state index contributed by atoms with van der Waals surface area (Å²) < 4.78 is 5.61. The number of carbonyl (C=O) groups is 1. The molecule has 2 rings (SSSR count). The monoisotopic (exact) mass is 360 g/mol. The smallest absolute Gasteiger partial charge is 0.185 e. The molecule has 0 saturated heterocycles. The highest BCUT2D eigenvalue weighted by molar-refractivity contribution is 9.10. The number of ketones is 1. The summed E-state index contributed by atoms with van der Waals surface area (Å²) in [6.45, 7) is 4.00. The number of allylic oxidation sites excluding steroid dienone is 1. The molecule has 0 amide bonds. The fourth-order valence-corrected chi connectivity index (χ4v) is 2.47. The highest BCUT2D eigenvalue weighted by atomic mass is 79.9. The summed E-state index contributed by atoms with van der Waals surface area (Å²) in [5.74, 6) is 0.332. The van der Waals surface area contributed by atoms with Gasteiger partial charge in [-0.2, -0.15) is 0 Å². The van der Waals surface area contributed by atoms with E-state index in [-0.39, 0.29) is 11.5 Å². The van der Waals surface area contributed by atoms with Crippen LogP contribution in [0, 0.1) is 13.8 Å². The molecule has 0 aliphatic carbocycles. The molecule has 0 heterocycles. The van der Waals surface area contributed by atoms with Crippen molar-refractivity contribution in [3.05, 3.63) is 63.1 Å². The molecule has 0 aliphatic heterocycles. The van der Waals surface area contributed by atoms with E-state index in [9.17, 15) is 9.90 Å². The van der Waals surface area contributed by atoms with Crippen LogP contribution in [0.4, 0.5) is 0 Å². The topological polar surface area (TPSA) is 46.5 Å². The molecule has 0 radical (unpaired) electrons. The minimum absolute atomic E-state index is 0.0418. The molecule has 0 saturated carbocycles. The third-order valence-electron chi connectivity index (χ3n) is 3.49. The minimum atomic E-state index is -0.0636. The Morgan fingerprint density at radius 3 is 2.55 bits per heavy atom. The third-order valence-corrected chi connectivity index (χ3v) is 4.09. The zero-order valence-corrected chi connectivity index (χ0v) is 14.3. The number of methoxy groups -OCH3 is 1. The lowest BCUT2D eigenvalue weighted by molar-refractivity contribution is 0.104. The number of aromatic hydroxyl groups is 1. The largest absolute Gasteiger partial charge is 0.503 e. The number of phenols is 1. The average molecular weight is 361 g/mol. The normalized spacial score (nSPS) is 10.9. The number of phenolic OH excluding ortho intramolecular Hbond substituents is 1. The van der Waals surface area contributed by atoms with Crippen LogP contribution in [0.5, 0.6) is 11.5 Å². The lowest BCUT2D eigenvalue weighted by Crippen LogP contribution is -1.95. The van der Waals surface area contributed by atoms with Gasteiger partial charge in [0.2, 0.25) is 0 Å². The number of benzene rings is 2. The van der Waals surface area contributed by atoms with Crippen LogP contribution in [-0.2, 0) is 0 Å². The average Bonchev–Trinajstić information content (AvgIpc) is 2.50. The molecule has 0 fully saturated rings. The van der Waals surface area contributed by atoms with Crippen LogP contribution in [-0.4, -0.2) is 18.0 Å². The minimum Gasteiger partial charge on any atom is -0.503 e. The van der Waals surface area contributed by atoms with E-state index < -0.39 is 0 Å². The highest BCUT2D eigenvalue weighted by Gasteiger charge is 2.08. The van der Waals surface area contributed by atoms with Gasteiger partial charge in [-0.15, -0.1) is 0 Å². The number of aryl methyl sites for hydroxylation is 2. The second-order valence-corrected chi connectivity index (χ2v) is 5.90. The molecular formula is C18H17BrO3. The molecule has 0 unspecified atom stereocenters. The van der Waals surface area contributed by atoms with Crippen LogP contribution < -0.4 is 4.74 Å². The van der Waals surface area contributed by atoms with Crippen molar-refractivity contribution in [3.8, 4) is 11.5 Å². The zero-order chi connectivity index (χ0) is 16.3. The van der Waals surface area contributed by atoms with E-state index in [0.29, 0.717) is 15.8 Å². The van der Waals surface area contributed by atoms with E-state index in [0.717, 1.165) is 16.7 Å². The Kier molecular flexibility index (Phi) is 5.03. The standard InChI is InChI=1S/C18H17BrO3/c1-11-4-6-14(8-12(11)2)16(20)7-5-13-9-15(19)18(21)17(10-13)22-3/h4-10,21H,1-3H3/b7-5+. The van der Waals surface area contributed by atoms with E-state index in [1.165, 1.54) is 13.2 Å². The number of hydrogen-bond acceptors (Lipinski definition) is 3. The van der Waals surface area contributed by atoms with Crippen molar-refractivity contribution in [2.45, 2.75) is 13.8 Å². The number of rotatable bonds is 4. The molecule has 114 valence electrons. The van der Waals surface area contributed by atoms with E-state index >= 15 is 0 Å². The van der Waals surface area contributed by atoms with Gasteiger partial charge in [0.1, 0.15) is 0 Å². The van der Waals surface area contributed by atoms with Crippen LogP contribution in [0.3, 0.4) is 0 Å². The van der Waals surface area contributed by atoms with Crippen molar-refractivity contribution < 1.29 is 14.6 Å². The summed E-state index contributed by atoms with van der Waals surface area (Å²) in [6, 6.07) is 9.04. The lowest BCUT2D eigenvalue weighted by Gasteiger charge is -2.06. The Balaban J connectivity index is 2.26. The molecule has 1 N–H and O–H groups in total. The second-order valence-electron chi connectivity index (χ2n) is 5.05. The first-order valence-corrected chi connectivity index (χ1v) is 7.58. The van der Waals surface area contributed by atoms with Crippen molar-refractivity contribution in [1.29, 1.82) is 0 Å². The van der Waals surface area contributed by atoms with Gasteiger partial charge in [-0.3, -0.25) is 4.79 Å². The van der Waals surface area contributed by atoms with Gasteiger partial charge in [0.15, 0.2) is 17.3 Å². The van der Waals surface area contributed by atoms with E-state index in [2.05, 4.69) is 15.9 Å². The van der Waals surface area contributed by atoms with Crippen LogP contribution in [0.1, 0.15) is 27.0 Å². The summed E-state index contributed by atoms with van der Waals surface area (Å²) in [5, 5.41) is 9.77. The maximum Gasteiger partial charge on any atom is 0.185 e. The Bertz CT molecular complexity index is 748. The van der Waals surface area contributed by atoms with Gasteiger partial charge in [-0.05, 0) is 70.7 Å². The Labute approximate surface area is 138 Å². The summed E-state index contributed by atoms with van der Waals surface area (Å²) >= 11 is 3.26. The van der Waals surface area contributed by atoms with Gasteiger partial charge in [-0.1, -0.05) is 18.2 Å². The third kappa shape index (κ3) is 3.57. The maximum absolute atomic E-state index is 12.2. The number of halogens is 1. The van der Waals surface area contributed by atoms with Crippen LogP contribution in [0.15, 0.2) is 40.9 Å². The van der Waals surface area contributed by atoms with Gasteiger partial charge >= 0.3 is 0 Å². The van der Waals surface area contributed by atoms with Crippen LogP contribution >= 0.6 is 15.9 Å². The van der Waals surface area contributed by atoms with E-state index in [4.69, 9.17) is 4.74 Å². The molecule has 0 aliphatic rings. The molecule has 0 bridgehead atoms. The van der Waals surface area contributed by atoms with E-state index in [1.807, 2.05) is 32.0 Å². The van der Waals surface area contributed by atoms with Crippen molar-refractivity contribution >= 4 is 27.8 Å². The second kappa shape index (κ2) is 6.79. The first kappa shape index (κ1) is 16.3. The van der Waals surface area contributed by atoms with Crippen molar-refractivity contribution in [2.75, 3.05) is 7.11 Å². The summed E-state index contributed by atoms with van der Waals surface area (Å²) in [7, 11) is 1.48. The summed E-state index contributed by atoms with van der Waals surface area (Å²) in [5.41, 5.74) is 3.67. The molecule has 2 aromatic rings. The van der Waals surface area contributed by atoms with Gasteiger partial charge in [0.05, 0.1) is 11.6 Å². The van der Waals surface area contributed by atoms with Crippen molar-refractivity contribution in [1.82, 2.24) is 0 Å². The van der Waals surface area contributed by atoms with Crippen molar-refractivity contribution in [3.63, 3.8) is 0 Å². The SMILES string of the molecule is COc1cc(/C=C/C(=O)c2ccc(C)c(C)c2)cc(Br)c1O. The first-order chi connectivity index (χ1) is 10.4. The van der Waals surface area contributed by atoms with Crippen molar-refractivity contribution in [2.24, 2.45) is 0 Å². The van der Waals surface area contributed by atoms with Gasteiger partial charge in [-0.25, -0.2) is 0 Å². The van der Waals surface area contributed by atoms with Crippen LogP contribution in [0.25, 0.3) is 6.08 Å². The quantitative estimate of drug-likeness (QED) is 0.636. The fourth-order valence-electron chi connectivity index (χ4n) is 2.01. The summed E-state index contributed by atoms with van der Waals surface area (Å²) in [4.78, 5) is 12.2. The molecular weight excluding hydrogens is 344 g/mol. The predicted molar refractivity (Wildman–Crippen MR) is 91.6 cm³/mol. The van der Waals surface area contributed by atoms with Gasteiger partial charge < -0.3 is 9.84 Å². The molecule has 2 aromatic carbocycles. The van der Waals surface area contributed by atoms with E-state index in [1.54, 1.807) is 18.2 Å². The number of carbonyl (C=O) groups excluding carboxylic acids is 1. The lowest BCUT2D eigenvalue weighted by atomic mass is 10.0. The van der Waals surface area contributed by atoms with Crippen LogP contribution in [0.2, 0.25) is 0 Å². The molecule has 0 aromatic heterocycles. The summed E-state index contributed by atoms with van der Waals surface area (Å²) in [6.07, 6.45) is 3.21. The van der Waals surface area contributed by atoms with Gasteiger partial charge in [0.25, 0.3) is 0 Å². The van der Waals surface area contributed by atoms with Gasteiger partial charge in [0, 0.05) is 5.56 Å². The molecule has 0 atom stereocenters. The zero-order valence-electron chi connectivity index (χ0n) is 12.7. The number of ether oxygens (including phenoxy) is 1. The molecule has 22 heavy (non-hydrogen) atoms. The maximum atomic E-state index is 12.2.